The van der Waals surface area contributed by atoms with E-state index in [9.17, 15) is 4.79 Å². The molecule has 0 bridgehead atoms. The molecule has 0 spiro atoms. The average molecular weight is 304 g/mol. The maximum Gasteiger partial charge on any atom is 0.355 e. The minimum absolute atomic E-state index is 0.0895. The summed E-state index contributed by atoms with van der Waals surface area (Å²) in [6.45, 7) is 0.605. The SMILES string of the molecule is Cn1ncc2c(NCCc3nc(C(=O)O)cs3)ncnc21. The molecule has 0 aliphatic carbocycles. The maximum atomic E-state index is 10.8. The fourth-order valence-corrected chi connectivity index (χ4v) is 2.69. The maximum absolute atomic E-state index is 10.8. The molecule has 0 saturated carbocycles. The molecule has 0 unspecified atom stereocenters. The molecule has 21 heavy (non-hydrogen) atoms. The second-order valence-electron chi connectivity index (χ2n) is 4.34. The van der Waals surface area contributed by atoms with Crippen LogP contribution in [0.25, 0.3) is 11.0 Å². The van der Waals surface area contributed by atoms with Crippen LogP contribution >= 0.6 is 11.3 Å². The van der Waals surface area contributed by atoms with Gasteiger partial charge in [-0.15, -0.1) is 11.3 Å². The Morgan fingerprint density at radius 3 is 3.10 bits per heavy atom. The molecule has 0 saturated heterocycles. The number of hydrogen-bond donors (Lipinski definition) is 2. The van der Waals surface area contributed by atoms with Gasteiger partial charge in [-0.2, -0.15) is 5.10 Å². The lowest BCUT2D eigenvalue weighted by molar-refractivity contribution is 0.0691. The van der Waals surface area contributed by atoms with E-state index in [-0.39, 0.29) is 5.69 Å². The van der Waals surface area contributed by atoms with Gasteiger partial charge in [0.2, 0.25) is 0 Å². The fourth-order valence-electron chi connectivity index (χ4n) is 1.91. The number of fused-ring (bicyclic) bond motifs is 1. The van der Waals surface area contributed by atoms with Gasteiger partial charge in [-0.25, -0.2) is 19.7 Å². The van der Waals surface area contributed by atoms with Crippen LogP contribution in [0.15, 0.2) is 17.9 Å². The Bertz CT molecular complexity index is 796. The van der Waals surface area contributed by atoms with Gasteiger partial charge in [0.25, 0.3) is 0 Å². The third kappa shape index (κ3) is 2.68. The summed E-state index contributed by atoms with van der Waals surface area (Å²) < 4.78 is 1.68. The lowest BCUT2D eigenvalue weighted by Crippen LogP contribution is -2.07. The van der Waals surface area contributed by atoms with Crippen LogP contribution in [0.4, 0.5) is 5.82 Å². The highest BCUT2D eigenvalue weighted by molar-refractivity contribution is 7.09. The van der Waals surface area contributed by atoms with Crippen LogP contribution in [0.5, 0.6) is 0 Å². The number of anilines is 1. The number of hydrogen-bond acceptors (Lipinski definition) is 7. The van der Waals surface area contributed by atoms with E-state index in [4.69, 9.17) is 5.11 Å². The number of carboxylic acids is 1. The van der Waals surface area contributed by atoms with Gasteiger partial charge in [0.05, 0.1) is 16.6 Å². The van der Waals surface area contributed by atoms with Crippen molar-refractivity contribution in [2.24, 2.45) is 7.05 Å². The number of thiazole rings is 1. The molecule has 0 atom stereocenters. The molecule has 3 rings (SSSR count). The number of nitrogens with one attached hydrogen (secondary N) is 1. The van der Waals surface area contributed by atoms with Gasteiger partial charge in [-0.3, -0.25) is 4.68 Å². The fraction of sp³-hybridized carbons (Fsp3) is 0.250. The molecule has 8 nitrogen and oxygen atoms in total. The van der Waals surface area contributed by atoms with Gasteiger partial charge < -0.3 is 10.4 Å². The second kappa shape index (κ2) is 5.44. The first-order valence-corrected chi connectivity index (χ1v) is 7.07. The number of nitrogens with zero attached hydrogens (tertiary/aromatic N) is 5. The number of rotatable bonds is 5. The Labute approximate surface area is 123 Å². The predicted octanol–water partition coefficient (Wildman–Crippen LogP) is 1.17. The van der Waals surface area contributed by atoms with Crippen molar-refractivity contribution in [2.45, 2.75) is 6.42 Å². The number of carbonyl (C=O) groups is 1. The minimum atomic E-state index is -1.00. The van der Waals surface area contributed by atoms with Crippen molar-refractivity contribution in [3.8, 4) is 0 Å². The first-order valence-electron chi connectivity index (χ1n) is 6.19. The van der Waals surface area contributed by atoms with E-state index < -0.39 is 5.97 Å². The van der Waals surface area contributed by atoms with E-state index in [1.54, 1.807) is 16.3 Å². The van der Waals surface area contributed by atoms with Crippen LogP contribution in [-0.2, 0) is 13.5 Å². The Hall–Kier alpha value is -2.55. The summed E-state index contributed by atoms with van der Waals surface area (Å²) in [6, 6.07) is 0. The van der Waals surface area contributed by atoms with E-state index in [0.29, 0.717) is 18.8 Å². The summed E-state index contributed by atoms with van der Waals surface area (Å²) in [5.41, 5.74) is 0.849. The van der Waals surface area contributed by atoms with Crippen LogP contribution in [-0.4, -0.2) is 42.4 Å². The molecule has 9 heteroatoms. The zero-order chi connectivity index (χ0) is 14.8. The van der Waals surface area contributed by atoms with Crippen LogP contribution < -0.4 is 5.32 Å². The van der Waals surface area contributed by atoms with Crippen molar-refractivity contribution in [3.05, 3.63) is 28.6 Å². The van der Waals surface area contributed by atoms with Gasteiger partial charge in [0.1, 0.15) is 12.1 Å². The van der Waals surface area contributed by atoms with Gasteiger partial charge in [-0.1, -0.05) is 0 Å². The Morgan fingerprint density at radius 1 is 1.48 bits per heavy atom. The van der Waals surface area contributed by atoms with Crippen molar-refractivity contribution in [3.63, 3.8) is 0 Å². The zero-order valence-electron chi connectivity index (χ0n) is 11.1. The minimum Gasteiger partial charge on any atom is -0.476 e. The van der Waals surface area contributed by atoms with Crippen LogP contribution in [0.2, 0.25) is 0 Å². The Morgan fingerprint density at radius 2 is 2.33 bits per heavy atom. The lowest BCUT2D eigenvalue weighted by Gasteiger charge is -2.04. The molecule has 0 aliphatic heterocycles. The van der Waals surface area contributed by atoms with Crippen molar-refractivity contribution < 1.29 is 9.90 Å². The quantitative estimate of drug-likeness (QED) is 0.728. The molecule has 2 N–H and O–H groups in total. The highest BCUT2D eigenvalue weighted by atomic mass is 32.1. The second-order valence-corrected chi connectivity index (χ2v) is 5.28. The smallest absolute Gasteiger partial charge is 0.355 e. The van der Waals surface area contributed by atoms with E-state index in [0.717, 1.165) is 16.0 Å². The number of aromatic carboxylic acids is 1. The Kier molecular flexibility index (Phi) is 3.48. The molecule has 0 aliphatic rings. The molecular weight excluding hydrogens is 292 g/mol. The van der Waals surface area contributed by atoms with Gasteiger partial charge in [0, 0.05) is 25.4 Å². The summed E-state index contributed by atoms with van der Waals surface area (Å²) >= 11 is 1.34. The first kappa shape index (κ1) is 13.4. The highest BCUT2D eigenvalue weighted by Gasteiger charge is 2.10. The van der Waals surface area contributed by atoms with Crippen molar-refractivity contribution >= 4 is 34.2 Å². The molecule has 3 aromatic heterocycles. The van der Waals surface area contributed by atoms with E-state index in [1.165, 1.54) is 17.7 Å². The monoisotopic (exact) mass is 304 g/mol. The summed E-state index contributed by atoms with van der Waals surface area (Å²) in [6.07, 6.45) is 3.82. The molecule has 0 fully saturated rings. The molecule has 3 aromatic rings. The zero-order valence-corrected chi connectivity index (χ0v) is 12.0. The predicted molar refractivity (Wildman–Crippen MR) is 77.6 cm³/mol. The standard InChI is InChI=1S/C12H12N6O2S/c1-18-11-7(4-16-18)10(14-6-15-11)13-3-2-9-17-8(5-21-9)12(19)20/h4-6H,2-3H2,1H3,(H,19,20)(H,13,14,15). The van der Waals surface area contributed by atoms with Crippen molar-refractivity contribution in [1.29, 1.82) is 0 Å². The topological polar surface area (TPSA) is 106 Å². The van der Waals surface area contributed by atoms with Crippen LogP contribution in [0, 0.1) is 0 Å². The third-order valence-electron chi connectivity index (χ3n) is 2.93. The molecule has 0 radical (unpaired) electrons. The first-order chi connectivity index (χ1) is 10.1. The molecule has 108 valence electrons. The van der Waals surface area contributed by atoms with Crippen molar-refractivity contribution in [2.75, 3.05) is 11.9 Å². The lowest BCUT2D eigenvalue weighted by atomic mass is 10.3. The van der Waals surface area contributed by atoms with Gasteiger partial charge in [0.15, 0.2) is 11.3 Å². The van der Waals surface area contributed by atoms with Crippen LogP contribution in [0.3, 0.4) is 0 Å². The molecule has 0 aromatic carbocycles. The Balaban J connectivity index is 1.67. The summed E-state index contributed by atoms with van der Waals surface area (Å²) in [5.74, 6) is -0.290. The molecule has 0 amide bonds. The van der Waals surface area contributed by atoms with E-state index in [2.05, 4.69) is 25.4 Å². The normalized spacial score (nSPS) is 10.9. The van der Waals surface area contributed by atoms with Gasteiger partial charge >= 0.3 is 5.97 Å². The van der Waals surface area contributed by atoms with E-state index >= 15 is 0 Å². The highest BCUT2D eigenvalue weighted by Crippen LogP contribution is 2.18. The third-order valence-corrected chi connectivity index (χ3v) is 3.84. The van der Waals surface area contributed by atoms with E-state index in [1.807, 2.05) is 7.05 Å². The van der Waals surface area contributed by atoms with Gasteiger partial charge in [-0.05, 0) is 0 Å². The molecular formula is C12H12N6O2S. The summed E-state index contributed by atoms with van der Waals surface area (Å²) in [4.78, 5) is 23.2. The molecule has 3 heterocycles. The average Bonchev–Trinajstić information content (AvgIpc) is 3.07. The number of aryl methyl sites for hydroxylation is 1. The van der Waals surface area contributed by atoms with Crippen molar-refractivity contribution in [1.82, 2.24) is 24.7 Å². The number of aromatic nitrogens is 5. The summed E-state index contributed by atoms with van der Waals surface area (Å²) in [5, 5.41) is 19.3. The van der Waals surface area contributed by atoms with Crippen LogP contribution in [0.1, 0.15) is 15.5 Å². The number of carboxylic acid groups (broad SMARTS) is 1. The largest absolute Gasteiger partial charge is 0.476 e. The summed E-state index contributed by atoms with van der Waals surface area (Å²) in [7, 11) is 1.82.